The number of ether oxygens (including phenoxy) is 2. The highest BCUT2D eigenvalue weighted by Crippen LogP contribution is 2.23. The Bertz CT molecular complexity index is 839. The zero-order valence-electron chi connectivity index (χ0n) is 16.1. The Kier molecular flexibility index (Phi) is 9.17. The van der Waals surface area contributed by atoms with Gasteiger partial charge in [-0.25, -0.2) is 0 Å². The number of anilines is 2. The molecule has 0 aromatic heterocycles. The number of halogens is 1. The van der Waals surface area contributed by atoms with E-state index in [9.17, 15) is 14.4 Å². The minimum absolute atomic E-state index is 0.0522. The summed E-state index contributed by atoms with van der Waals surface area (Å²) >= 11 is 3.32. The molecule has 0 saturated heterocycles. The minimum Gasteiger partial charge on any atom is -0.492 e. The molecule has 0 aliphatic carbocycles. The maximum absolute atomic E-state index is 12.0. The van der Waals surface area contributed by atoms with Crippen LogP contribution in [0.5, 0.6) is 5.75 Å². The molecule has 0 heterocycles. The smallest absolute Gasteiger partial charge is 0.306 e. The standard InChI is InChI=1S/C21H23BrN2O5/c1-2-28-18-7-4-3-6-17(18)24-20(26)14-29-21(27)9-5-8-19(25)23-16-12-10-15(22)11-13-16/h3-4,6-7,10-13H,2,5,8-9,14H2,1H3,(H,23,25)(H,24,26). The fourth-order valence-corrected chi connectivity index (χ4v) is 2.67. The lowest BCUT2D eigenvalue weighted by Crippen LogP contribution is -2.21. The van der Waals surface area contributed by atoms with Crippen molar-refractivity contribution in [2.24, 2.45) is 0 Å². The summed E-state index contributed by atoms with van der Waals surface area (Å²) in [6.07, 6.45) is 0.561. The molecule has 2 rings (SSSR count). The van der Waals surface area contributed by atoms with Crippen molar-refractivity contribution in [1.82, 2.24) is 0 Å². The molecule has 2 amide bonds. The third-order valence-electron chi connectivity index (χ3n) is 3.74. The number of amides is 2. The fraction of sp³-hybridized carbons (Fsp3) is 0.286. The van der Waals surface area contributed by atoms with Gasteiger partial charge in [-0.1, -0.05) is 28.1 Å². The lowest BCUT2D eigenvalue weighted by atomic mass is 10.2. The van der Waals surface area contributed by atoms with Crippen LogP contribution < -0.4 is 15.4 Å². The normalized spacial score (nSPS) is 10.1. The quantitative estimate of drug-likeness (QED) is 0.517. The lowest BCUT2D eigenvalue weighted by molar-refractivity contribution is -0.147. The molecule has 7 nitrogen and oxygen atoms in total. The van der Waals surface area contributed by atoms with Crippen molar-refractivity contribution in [2.45, 2.75) is 26.2 Å². The lowest BCUT2D eigenvalue weighted by Gasteiger charge is -2.11. The Hall–Kier alpha value is -2.87. The second-order valence-corrected chi connectivity index (χ2v) is 6.96. The van der Waals surface area contributed by atoms with Gasteiger partial charge in [-0.05, 0) is 49.7 Å². The Morgan fingerprint density at radius 3 is 2.38 bits per heavy atom. The van der Waals surface area contributed by atoms with Gasteiger partial charge in [0.05, 0.1) is 12.3 Å². The highest BCUT2D eigenvalue weighted by molar-refractivity contribution is 9.10. The van der Waals surface area contributed by atoms with Gasteiger partial charge >= 0.3 is 5.97 Å². The van der Waals surface area contributed by atoms with Crippen LogP contribution in [-0.4, -0.2) is 31.0 Å². The zero-order valence-corrected chi connectivity index (χ0v) is 17.7. The molecule has 2 aromatic rings. The Balaban J connectivity index is 1.66. The Labute approximate surface area is 177 Å². The molecule has 0 aliphatic rings. The molecule has 2 N–H and O–H groups in total. The third kappa shape index (κ3) is 8.35. The monoisotopic (exact) mass is 462 g/mol. The number of nitrogens with one attached hydrogen (secondary N) is 2. The molecule has 0 saturated carbocycles. The number of carbonyl (C=O) groups excluding carboxylic acids is 3. The molecule has 8 heteroatoms. The highest BCUT2D eigenvalue weighted by Gasteiger charge is 2.11. The molecule has 0 radical (unpaired) electrons. The maximum atomic E-state index is 12.0. The number of para-hydroxylation sites is 2. The average Bonchev–Trinajstić information content (AvgIpc) is 2.70. The van der Waals surface area contributed by atoms with Gasteiger partial charge in [0.2, 0.25) is 5.91 Å². The van der Waals surface area contributed by atoms with Crippen molar-refractivity contribution in [1.29, 1.82) is 0 Å². The summed E-state index contributed by atoms with van der Waals surface area (Å²) in [5.41, 5.74) is 1.20. The first-order valence-electron chi connectivity index (χ1n) is 9.20. The van der Waals surface area contributed by atoms with E-state index in [1.807, 2.05) is 19.1 Å². The third-order valence-corrected chi connectivity index (χ3v) is 4.27. The van der Waals surface area contributed by atoms with E-state index in [0.717, 1.165) is 4.47 Å². The number of rotatable bonds is 10. The van der Waals surface area contributed by atoms with E-state index in [1.54, 1.807) is 36.4 Å². The minimum atomic E-state index is -0.533. The first kappa shape index (κ1) is 22.4. The topological polar surface area (TPSA) is 93.7 Å². The summed E-state index contributed by atoms with van der Waals surface area (Å²) in [4.78, 5) is 35.6. The van der Waals surface area contributed by atoms with Gasteiger partial charge in [-0.2, -0.15) is 0 Å². The van der Waals surface area contributed by atoms with Crippen LogP contribution in [0, 0.1) is 0 Å². The summed E-state index contributed by atoms with van der Waals surface area (Å²) in [6, 6.07) is 14.2. The van der Waals surface area contributed by atoms with Crippen molar-refractivity contribution in [2.75, 3.05) is 23.8 Å². The van der Waals surface area contributed by atoms with Gasteiger partial charge in [-0.15, -0.1) is 0 Å². The SMILES string of the molecule is CCOc1ccccc1NC(=O)COC(=O)CCCC(=O)Nc1ccc(Br)cc1. The summed E-state index contributed by atoms with van der Waals surface area (Å²) in [7, 11) is 0. The first-order valence-corrected chi connectivity index (χ1v) is 10.00. The van der Waals surface area contributed by atoms with Crippen LogP contribution in [0.4, 0.5) is 11.4 Å². The van der Waals surface area contributed by atoms with Crippen molar-refractivity contribution in [3.05, 3.63) is 53.0 Å². The predicted octanol–water partition coefficient (Wildman–Crippen LogP) is 4.14. The Morgan fingerprint density at radius 2 is 1.66 bits per heavy atom. The number of carbonyl (C=O) groups is 3. The second-order valence-electron chi connectivity index (χ2n) is 6.05. The molecule has 0 unspecified atom stereocenters. The van der Waals surface area contributed by atoms with Gasteiger partial charge in [0, 0.05) is 23.0 Å². The number of esters is 1. The van der Waals surface area contributed by atoms with Crippen LogP contribution in [-0.2, 0) is 19.1 Å². The van der Waals surface area contributed by atoms with Crippen molar-refractivity contribution < 1.29 is 23.9 Å². The molecule has 0 bridgehead atoms. The van der Waals surface area contributed by atoms with Gasteiger partial charge in [0.1, 0.15) is 5.75 Å². The van der Waals surface area contributed by atoms with E-state index >= 15 is 0 Å². The molecule has 0 fully saturated rings. The fourth-order valence-electron chi connectivity index (χ4n) is 2.41. The molecular formula is C21H23BrN2O5. The zero-order chi connectivity index (χ0) is 21.1. The van der Waals surface area contributed by atoms with E-state index in [0.29, 0.717) is 30.2 Å². The van der Waals surface area contributed by atoms with Gasteiger partial charge in [-0.3, -0.25) is 14.4 Å². The van der Waals surface area contributed by atoms with Crippen LogP contribution in [0.25, 0.3) is 0 Å². The largest absolute Gasteiger partial charge is 0.492 e. The van der Waals surface area contributed by atoms with Crippen molar-refractivity contribution in [3.63, 3.8) is 0 Å². The molecule has 0 aliphatic heterocycles. The van der Waals surface area contributed by atoms with Crippen LogP contribution in [0.3, 0.4) is 0 Å². The summed E-state index contributed by atoms with van der Waals surface area (Å²) in [6.45, 7) is 1.92. The number of hydrogen-bond acceptors (Lipinski definition) is 5. The van der Waals surface area contributed by atoms with Crippen LogP contribution in [0.15, 0.2) is 53.0 Å². The number of hydrogen-bond donors (Lipinski definition) is 2. The Morgan fingerprint density at radius 1 is 0.931 bits per heavy atom. The van der Waals surface area contributed by atoms with Gasteiger partial charge in [0.15, 0.2) is 6.61 Å². The van der Waals surface area contributed by atoms with Crippen LogP contribution >= 0.6 is 15.9 Å². The number of benzene rings is 2. The molecule has 0 atom stereocenters. The van der Waals surface area contributed by atoms with Gasteiger partial charge < -0.3 is 20.1 Å². The van der Waals surface area contributed by atoms with Gasteiger partial charge in [0.25, 0.3) is 5.91 Å². The van der Waals surface area contributed by atoms with E-state index in [2.05, 4.69) is 26.6 Å². The van der Waals surface area contributed by atoms with Crippen molar-refractivity contribution in [3.8, 4) is 5.75 Å². The summed E-state index contributed by atoms with van der Waals surface area (Å²) < 4.78 is 11.3. The van der Waals surface area contributed by atoms with E-state index in [-0.39, 0.29) is 18.7 Å². The van der Waals surface area contributed by atoms with Crippen LogP contribution in [0.1, 0.15) is 26.2 Å². The molecule has 2 aromatic carbocycles. The molecular weight excluding hydrogens is 440 g/mol. The summed E-state index contributed by atoms with van der Waals surface area (Å²) in [5, 5.41) is 5.40. The van der Waals surface area contributed by atoms with Crippen LogP contribution in [0.2, 0.25) is 0 Å². The maximum Gasteiger partial charge on any atom is 0.306 e. The molecule has 29 heavy (non-hydrogen) atoms. The predicted molar refractivity (Wildman–Crippen MR) is 114 cm³/mol. The van der Waals surface area contributed by atoms with Crippen molar-refractivity contribution >= 4 is 45.1 Å². The molecule has 154 valence electrons. The van der Waals surface area contributed by atoms with E-state index in [1.165, 1.54) is 0 Å². The highest BCUT2D eigenvalue weighted by atomic mass is 79.9. The van der Waals surface area contributed by atoms with E-state index < -0.39 is 18.5 Å². The average molecular weight is 463 g/mol. The molecule has 0 spiro atoms. The first-order chi connectivity index (χ1) is 14.0. The second kappa shape index (κ2) is 11.9. The van der Waals surface area contributed by atoms with E-state index in [4.69, 9.17) is 9.47 Å². The summed E-state index contributed by atoms with van der Waals surface area (Å²) in [5.74, 6) is -0.634.